The zero-order valence-corrected chi connectivity index (χ0v) is 10.9. The van der Waals surface area contributed by atoms with E-state index in [1.54, 1.807) is 4.68 Å². The third kappa shape index (κ3) is 2.97. The third-order valence-electron chi connectivity index (χ3n) is 2.74. The van der Waals surface area contributed by atoms with E-state index < -0.39 is 0 Å². The number of benzene rings is 1. The number of amides is 1. The summed E-state index contributed by atoms with van der Waals surface area (Å²) in [5, 5.41) is 7.11. The van der Waals surface area contributed by atoms with Crippen LogP contribution in [0.1, 0.15) is 17.0 Å². The minimum atomic E-state index is -0.0244. The van der Waals surface area contributed by atoms with E-state index in [1.165, 1.54) is 0 Å². The number of anilines is 1. The Kier molecular flexibility index (Phi) is 3.46. The lowest BCUT2D eigenvalue weighted by Gasteiger charge is -2.06. The Morgan fingerprint density at radius 1 is 1.33 bits per heavy atom. The van der Waals surface area contributed by atoms with Crippen molar-refractivity contribution in [3.63, 3.8) is 0 Å². The van der Waals surface area contributed by atoms with Gasteiger partial charge in [-0.15, -0.1) is 0 Å². The van der Waals surface area contributed by atoms with E-state index in [9.17, 15) is 4.79 Å². The molecular weight excluding hydrogens is 226 g/mol. The summed E-state index contributed by atoms with van der Waals surface area (Å²) < 4.78 is 1.74. The minimum Gasteiger partial charge on any atom is -0.326 e. The van der Waals surface area contributed by atoms with Gasteiger partial charge in [-0.05, 0) is 37.6 Å². The maximum atomic E-state index is 11.9. The van der Waals surface area contributed by atoms with Gasteiger partial charge in [-0.1, -0.05) is 12.1 Å². The summed E-state index contributed by atoms with van der Waals surface area (Å²) in [6.45, 7) is 3.92. The van der Waals surface area contributed by atoms with E-state index >= 15 is 0 Å². The number of aromatic nitrogens is 2. The van der Waals surface area contributed by atoms with Crippen molar-refractivity contribution in [2.75, 3.05) is 5.32 Å². The van der Waals surface area contributed by atoms with Gasteiger partial charge in [-0.2, -0.15) is 5.10 Å². The second-order valence-electron chi connectivity index (χ2n) is 4.50. The van der Waals surface area contributed by atoms with E-state index in [0.717, 1.165) is 22.6 Å². The SMILES string of the molecule is Cc1cccc(NC(=O)Cc2cc(C)nn2C)c1. The van der Waals surface area contributed by atoms with Crippen LogP contribution in [0, 0.1) is 13.8 Å². The fourth-order valence-corrected chi connectivity index (χ4v) is 1.92. The molecule has 0 aliphatic rings. The normalized spacial score (nSPS) is 10.4. The lowest BCUT2D eigenvalue weighted by Crippen LogP contribution is -2.16. The lowest BCUT2D eigenvalue weighted by molar-refractivity contribution is -0.115. The number of aryl methyl sites for hydroxylation is 3. The van der Waals surface area contributed by atoms with Gasteiger partial charge in [0.2, 0.25) is 5.91 Å². The van der Waals surface area contributed by atoms with Gasteiger partial charge in [0.05, 0.1) is 12.1 Å². The second-order valence-corrected chi connectivity index (χ2v) is 4.50. The van der Waals surface area contributed by atoms with Gasteiger partial charge < -0.3 is 5.32 Å². The first-order valence-corrected chi connectivity index (χ1v) is 5.90. The first kappa shape index (κ1) is 12.4. The summed E-state index contributed by atoms with van der Waals surface area (Å²) in [4.78, 5) is 11.9. The molecule has 18 heavy (non-hydrogen) atoms. The summed E-state index contributed by atoms with van der Waals surface area (Å²) >= 11 is 0. The molecule has 0 aliphatic heterocycles. The molecule has 1 N–H and O–H groups in total. The first-order chi connectivity index (χ1) is 8.54. The van der Waals surface area contributed by atoms with Crippen molar-refractivity contribution in [2.45, 2.75) is 20.3 Å². The molecule has 0 saturated heterocycles. The smallest absolute Gasteiger partial charge is 0.230 e. The van der Waals surface area contributed by atoms with Crippen LogP contribution in [0.2, 0.25) is 0 Å². The Hall–Kier alpha value is -2.10. The minimum absolute atomic E-state index is 0.0244. The van der Waals surface area contributed by atoms with Gasteiger partial charge >= 0.3 is 0 Å². The Bertz CT molecular complexity index is 572. The van der Waals surface area contributed by atoms with Crippen molar-refractivity contribution in [3.8, 4) is 0 Å². The van der Waals surface area contributed by atoms with Crippen LogP contribution in [0.15, 0.2) is 30.3 Å². The molecule has 2 rings (SSSR count). The molecule has 4 heteroatoms. The maximum absolute atomic E-state index is 11.9. The Morgan fingerprint density at radius 2 is 2.11 bits per heavy atom. The molecule has 0 atom stereocenters. The molecule has 1 aromatic carbocycles. The highest BCUT2D eigenvalue weighted by Gasteiger charge is 2.08. The Balaban J connectivity index is 2.03. The summed E-state index contributed by atoms with van der Waals surface area (Å²) in [5.74, 6) is -0.0244. The molecule has 0 unspecified atom stereocenters. The monoisotopic (exact) mass is 243 g/mol. The summed E-state index contributed by atoms with van der Waals surface area (Å²) in [6, 6.07) is 9.70. The standard InChI is InChI=1S/C14H17N3O/c1-10-5-4-6-12(7-10)15-14(18)9-13-8-11(2)16-17(13)3/h4-8H,9H2,1-3H3,(H,15,18). The van der Waals surface area contributed by atoms with E-state index in [0.29, 0.717) is 6.42 Å². The largest absolute Gasteiger partial charge is 0.326 e. The topological polar surface area (TPSA) is 46.9 Å². The van der Waals surface area contributed by atoms with Crippen molar-refractivity contribution >= 4 is 11.6 Å². The second kappa shape index (κ2) is 5.04. The van der Waals surface area contributed by atoms with Crippen molar-refractivity contribution in [1.29, 1.82) is 0 Å². The van der Waals surface area contributed by atoms with Crippen molar-refractivity contribution in [1.82, 2.24) is 9.78 Å². The molecule has 0 saturated carbocycles. The predicted octanol–water partition coefficient (Wildman–Crippen LogP) is 2.22. The number of carbonyl (C=O) groups is 1. The van der Waals surface area contributed by atoms with Gasteiger partial charge in [-0.25, -0.2) is 0 Å². The van der Waals surface area contributed by atoms with Crippen LogP contribution in [0.25, 0.3) is 0 Å². The Labute approximate surface area is 107 Å². The number of rotatable bonds is 3. The molecule has 0 fully saturated rings. The van der Waals surface area contributed by atoms with Crippen LogP contribution in [-0.4, -0.2) is 15.7 Å². The molecule has 94 valence electrons. The summed E-state index contributed by atoms with van der Waals surface area (Å²) in [7, 11) is 1.85. The number of nitrogens with one attached hydrogen (secondary N) is 1. The fourth-order valence-electron chi connectivity index (χ4n) is 1.92. The van der Waals surface area contributed by atoms with Crippen LogP contribution in [0.4, 0.5) is 5.69 Å². The molecule has 1 aromatic heterocycles. The molecular formula is C14H17N3O. The van der Waals surface area contributed by atoms with Crippen LogP contribution in [0.3, 0.4) is 0 Å². The average Bonchev–Trinajstić information content (AvgIpc) is 2.57. The molecule has 0 bridgehead atoms. The average molecular weight is 243 g/mol. The number of carbonyl (C=O) groups excluding carboxylic acids is 1. The van der Waals surface area contributed by atoms with Gasteiger partial charge in [-0.3, -0.25) is 9.48 Å². The summed E-state index contributed by atoms with van der Waals surface area (Å²) in [6.07, 6.45) is 0.339. The van der Waals surface area contributed by atoms with Gasteiger partial charge in [0, 0.05) is 18.4 Å². The van der Waals surface area contributed by atoms with Gasteiger partial charge in [0.25, 0.3) is 0 Å². The fraction of sp³-hybridized carbons (Fsp3) is 0.286. The number of nitrogens with zero attached hydrogens (tertiary/aromatic N) is 2. The zero-order valence-electron chi connectivity index (χ0n) is 10.9. The van der Waals surface area contributed by atoms with Crippen LogP contribution in [0.5, 0.6) is 0 Å². The molecule has 0 spiro atoms. The van der Waals surface area contributed by atoms with Crippen molar-refractivity contribution in [3.05, 3.63) is 47.3 Å². The highest BCUT2D eigenvalue weighted by atomic mass is 16.1. The zero-order chi connectivity index (χ0) is 13.1. The van der Waals surface area contributed by atoms with E-state index in [1.807, 2.05) is 51.2 Å². The number of hydrogen-bond acceptors (Lipinski definition) is 2. The quantitative estimate of drug-likeness (QED) is 0.898. The van der Waals surface area contributed by atoms with Crippen molar-refractivity contribution < 1.29 is 4.79 Å². The van der Waals surface area contributed by atoms with Crippen LogP contribution >= 0.6 is 0 Å². The highest BCUT2D eigenvalue weighted by Crippen LogP contribution is 2.10. The number of hydrogen-bond donors (Lipinski definition) is 1. The third-order valence-corrected chi connectivity index (χ3v) is 2.74. The summed E-state index contributed by atoms with van der Waals surface area (Å²) in [5.41, 5.74) is 3.80. The molecule has 1 heterocycles. The molecule has 1 amide bonds. The van der Waals surface area contributed by atoms with E-state index in [4.69, 9.17) is 0 Å². The first-order valence-electron chi connectivity index (χ1n) is 5.90. The maximum Gasteiger partial charge on any atom is 0.230 e. The van der Waals surface area contributed by atoms with E-state index in [-0.39, 0.29) is 5.91 Å². The Morgan fingerprint density at radius 3 is 2.72 bits per heavy atom. The van der Waals surface area contributed by atoms with Gasteiger partial charge in [0.15, 0.2) is 0 Å². The van der Waals surface area contributed by atoms with E-state index in [2.05, 4.69) is 10.4 Å². The van der Waals surface area contributed by atoms with Crippen LogP contribution < -0.4 is 5.32 Å². The van der Waals surface area contributed by atoms with Gasteiger partial charge in [0.1, 0.15) is 0 Å². The van der Waals surface area contributed by atoms with Crippen molar-refractivity contribution in [2.24, 2.45) is 7.05 Å². The molecule has 0 aliphatic carbocycles. The lowest BCUT2D eigenvalue weighted by atomic mass is 10.2. The molecule has 4 nitrogen and oxygen atoms in total. The highest BCUT2D eigenvalue weighted by molar-refractivity contribution is 5.92. The predicted molar refractivity (Wildman–Crippen MR) is 71.5 cm³/mol. The molecule has 2 aromatic rings. The van der Waals surface area contributed by atoms with Crippen LogP contribution in [-0.2, 0) is 18.3 Å². The molecule has 0 radical (unpaired) electrons.